The summed E-state index contributed by atoms with van der Waals surface area (Å²) in [6, 6.07) is 12.0. The summed E-state index contributed by atoms with van der Waals surface area (Å²) in [6.45, 7) is 3.05. The Hall–Kier alpha value is -2.45. The molecule has 3 aromatic rings. The molecule has 1 aliphatic rings. The third-order valence-electron chi connectivity index (χ3n) is 4.76. The van der Waals surface area contributed by atoms with Gasteiger partial charge < -0.3 is 14.5 Å². The minimum atomic E-state index is 0.207. The van der Waals surface area contributed by atoms with Gasteiger partial charge in [0.05, 0.1) is 13.5 Å². The van der Waals surface area contributed by atoms with Crippen LogP contribution in [0.1, 0.15) is 16.3 Å². The van der Waals surface area contributed by atoms with E-state index in [2.05, 4.69) is 15.3 Å². The molecule has 3 heterocycles. The van der Waals surface area contributed by atoms with Gasteiger partial charge in [0.25, 0.3) is 0 Å². The fraction of sp³-hybridized carbons (Fsp3) is 0.350. The summed E-state index contributed by atoms with van der Waals surface area (Å²) in [6.07, 6.45) is 1.19. The number of ether oxygens (including phenoxy) is 1. The minimum absolute atomic E-state index is 0.207. The lowest BCUT2D eigenvalue weighted by Crippen LogP contribution is -2.49. The molecule has 2 aromatic heterocycles. The zero-order chi connectivity index (χ0) is 19.3. The van der Waals surface area contributed by atoms with E-state index in [0.29, 0.717) is 12.8 Å². The molecule has 146 valence electrons. The number of benzene rings is 1. The predicted octanol–water partition coefficient (Wildman–Crippen LogP) is 3.09. The number of rotatable bonds is 6. The molecule has 6 nitrogen and oxygen atoms in total. The van der Waals surface area contributed by atoms with Crippen molar-refractivity contribution in [1.29, 1.82) is 0 Å². The van der Waals surface area contributed by atoms with Crippen LogP contribution in [-0.4, -0.2) is 53.5 Å². The summed E-state index contributed by atoms with van der Waals surface area (Å²) in [5.41, 5.74) is 1.13. The molecule has 1 aromatic carbocycles. The van der Waals surface area contributed by atoms with E-state index in [0.717, 1.165) is 53.3 Å². The highest BCUT2D eigenvalue weighted by Crippen LogP contribution is 2.22. The van der Waals surface area contributed by atoms with E-state index in [1.165, 1.54) is 11.5 Å². The summed E-state index contributed by atoms with van der Waals surface area (Å²) < 4.78 is 9.79. The standard InChI is InChI=1S/C20H22N4O2S2/c1-26-16-5-2-4-15(12-16)13-18-21-20(28-22-18)24-9-7-23(8-10-24)19(25)14-17-6-3-11-27-17/h2-6,11-12H,7-10,13-14H2,1H3. The van der Waals surface area contributed by atoms with E-state index in [9.17, 15) is 4.79 Å². The Labute approximate surface area is 172 Å². The summed E-state index contributed by atoms with van der Waals surface area (Å²) in [4.78, 5) is 22.5. The number of anilines is 1. The molecule has 0 saturated carbocycles. The van der Waals surface area contributed by atoms with Gasteiger partial charge in [0, 0.05) is 49.0 Å². The predicted molar refractivity (Wildman–Crippen MR) is 113 cm³/mol. The van der Waals surface area contributed by atoms with Crippen molar-refractivity contribution >= 4 is 33.9 Å². The van der Waals surface area contributed by atoms with Gasteiger partial charge >= 0.3 is 0 Å². The first kappa shape index (κ1) is 18.9. The normalized spacial score (nSPS) is 14.3. The second kappa shape index (κ2) is 8.70. The zero-order valence-electron chi connectivity index (χ0n) is 15.7. The summed E-state index contributed by atoms with van der Waals surface area (Å²) in [5.74, 6) is 1.87. The Morgan fingerprint density at radius 2 is 2.04 bits per heavy atom. The van der Waals surface area contributed by atoms with Gasteiger partial charge in [0.15, 0.2) is 0 Å². The number of piperazine rings is 1. The van der Waals surface area contributed by atoms with E-state index in [1.807, 2.05) is 40.6 Å². The van der Waals surface area contributed by atoms with Gasteiger partial charge in [-0.05, 0) is 29.1 Å². The van der Waals surface area contributed by atoms with Gasteiger partial charge in [-0.15, -0.1) is 11.3 Å². The highest BCUT2D eigenvalue weighted by molar-refractivity contribution is 7.10. The minimum Gasteiger partial charge on any atom is -0.497 e. The van der Waals surface area contributed by atoms with Gasteiger partial charge in [-0.25, -0.2) is 4.98 Å². The van der Waals surface area contributed by atoms with Crippen molar-refractivity contribution in [1.82, 2.24) is 14.3 Å². The van der Waals surface area contributed by atoms with Crippen LogP contribution in [0.2, 0.25) is 0 Å². The molecule has 0 unspecified atom stereocenters. The molecule has 8 heteroatoms. The van der Waals surface area contributed by atoms with E-state index >= 15 is 0 Å². The Kier molecular flexibility index (Phi) is 5.87. The lowest BCUT2D eigenvalue weighted by atomic mass is 10.1. The first-order valence-electron chi connectivity index (χ1n) is 9.22. The molecule has 0 spiro atoms. The van der Waals surface area contributed by atoms with Crippen LogP contribution >= 0.6 is 22.9 Å². The Morgan fingerprint density at radius 3 is 2.79 bits per heavy atom. The van der Waals surface area contributed by atoms with E-state index in [4.69, 9.17) is 9.72 Å². The van der Waals surface area contributed by atoms with Gasteiger partial charge in [-0.2, -0.15) is 4.37 Å². The number of aromatic nitrogens is 2. The van der Waals surface area contributed by atoms with Crippen LogP contribution in [0.4, 0.5) is 5.13 Å². The molecule has 1 fully saturated rings. The number of amides is 1. The SMILES string of the molecule is COc1cccc(Cc2nsc(N3CCN(C(=O)Cc4cccs4)CC3)n2)c1. The fourth-order valence-electron chi connectivity index (χ4n) is 3.23. The number of hydrogen-bond acceptors (Lipinski definition) is 7. The van der Waals surface area contributed by atoms with Gasteiger partial charge in [0.2, 0.25) is 11.0 Å². The molecule has 0 aliphatic carbocycles. The molecule has 28 heavy (non-hydrogen) atoms. The van der Waals surface area contributed by atoms with Crippen molar-refractivity contribution in [2.45, 2.75) is 12.8 Å². The maximum atomic E-state index is 12.4. The monoisotopic (exact) mass is 414 g/mol. The highest BCUT2D eigenvalue weighted by Gasteiger charge is 2.23. The lowest BCUT2D eigenvalue weighted by Gasteiger charge is -2.34. The molecule has 0 atom stereocenters. The molecule has 1 aliphatic heterocycles. The van der Waals surface area contributed by atoms with Gasteiger partial charge in [-0.3, -0.25) is 4.79 Å². The topological polar surface area (TPSA) is 58.6 Å². The van der Waals surface area contributed by atoms with Crippen molar-refractivity contribution in [3.8, 4) is 5.75 Å². The molecule has 1 amide bonds. The number of carbonyl (C=O) groups excluding carboxylic acids is 1. The Balaban J connectivity index is 1.32. The van der Waals surface area contributed by atoms with Crippen LogP contribution in [0.3, 0.4) is 0 Å². The first-order chi connectivity index (χ1) is 13.7. The van der Waals surface area contributed by atoms with Crippen molar-refractivity contribution in [3.05, 3.63) is 58.0 Å². The van der Waals surface area contributed by atoms with E-state index < -0.39 is 0 Å². The Bertz CT molecular complexity index is 918. The quantitative estimate of drug-likeness (QED) is 0.620. The van der Waals surface area contributed by atoms with E-state index in [-0.39, 0.29) is 5.91 Å². The number of hydrogen-bond donors (Lipinski definition) is 0. The molecule has 0 bridgehead atoms. The highest BCUT2D eigenvalue weighted by atomic mass is 32.1. The molecule has 0 N–H and O–H groups in total. The van der Waals surface area contributed by atoms with Crippen LogP contribution in [0.5, 0.6) is 5.75 Å². The van der Waals surface area contributed by atoms with Crippen LogP contribution in [0.25, 0.3) is 0 Å². The third kappa shape index (κ3) is 4.51. The van der Waals surface area contributed by atoms with Gasteiger partial charge in [0.1, 0.15) is 11.6 Å². The molecular weight excluding hydrogens is 392 g/mol. The summed E-state index contributed by atoms with van der Waals surface area (Å²) >= 11 is 3.07. The number of nitrogens with zero attached hydrogens (tertiary/aromatic N) is 4. The number of thiophene rings is 1. The summed E-state index contributed by atoms with van der Waals surface area (Å²) in [5, 5.41) is 2.95. The van der Waals surface area contributed by atoms with Crippen LogP contribution < -0.4 is 9.64 Å². The van der Waals surface area contributed by atoms with Crippen molar-refractivity contribution in [2.24, 2.45) is 0 Å². The van der Waals surface area contributed by atoms with Crippen molar-refractivity contribution in [3.63, 3.8) is 0 Å². The second-order valence-corrected chi connectivity index (χ2v) is 8.41. The fourth-order valence-corrected chi connectivity index (χ4v) is 4.66. The summed E-state index contributed by atoms with van der Waals surface area (Å²) in [7, 11) is 1.67. The number of carbonyl (C=O) groups is 1. The molecule has 1 saturated heterocycles. The molecular formula is C20H22N4O2S2. The number of methoxy groups -OCH3 is 1. The zero-order valence-corrected chi connectivity index (χ0v) is 17.3. The third-order valence-corrected chi connectivity index (χ3v) is 6.45. The van der Waals surface area contributed by atoms with Gasteiger partial charge in [-0.1, -0.05) is 18.2 Å². The molecule has 0 radical (unpaired) electrons. The lowest BCUT2D eigenvalue weighted by molar-refractivity contribution is -0.130. The average molecular weight is 415 g/mol. The second-order valence-electron chi connectivity index (χ2n) is 6.65. The van der Waals surface area contributed by atoms with Crippen LogP contribution in [0, 0.1) is 0 Å². The van der Waals surface area contributed by atoms with Crippen molar-refractivity contribution < 1.29 is 9.53 Å². The van der Waals surface area contributed by atoms with Crippen LogP contribution in [0.15, 0.2) is 41.8 Å². The van der Waals surface area contributed by atoms with E-state index in [1.54, 1.807) is 18.4 Å². The first-order valence-corrected chi connectivity index (χ1v) is 10.9. The maximum Gasteiger partial charge on any atom is 0.227 e. The van der Waals surface area contributed by atoms with Crippen LogP contribution in [-0.2, 0) is 17.6 Å². The largest absolute Gasteiger partial charge is 0.497 e. The maximum absolute atomic E-state index is 12.4. The molecule has 4 rings (SSSR count). The average Bonchev–Trinajstić information content (AvgIpc) is 3.40. The smallest absolute Gasteiger partial charge is 0.227 e. The Morgan fingerprint density at radius 1 is 1.18 bits per heavy atom. The van der Waals surface area contributed by atoms with Crippen molar-refractivity contribution in [2.75, 3.05) is 38.2 Å².